The molecule has 1 saturated heterocycles. The van der Waals surface area contributed by atoms with Gasteiger partial charge in [-0.05, 0) is 54.2 Å². The number of imide groups is 1. The van der Waals surface area contributed by atoms with Crippen LogP contribution in [-0.4, -0.2) is 11.1 Å². The first-order chi connectivity index (χ1) is 14.5. The molecule has 0 saturated carbocycles. The lowest BCUT2D eigenvalue weighted by Crippen LogP contribution is -2.27. The van der Waals surface area contributed by atoms with Crippen LogP contribution in [0.5, 0.6) is 5.75 Å². The Balaban J connectivity index is 1.58. The van der Waals surface area contributed by atoms with Gasteiger partial charge in [-0.1, -0.05) is 48.0 Å². The minimum atomic E-state index is -0.420. The molecule has 30 heavy (non-hydrogen) atoms. The van der Waals surface area contributed by atoms with Crippen LogP contribution in [0, 0.1) is 5.82 Å². The van der Waals surface area contributed by atoms with Crippen molar-refractivity contribution in [3.8, 4) is 5.75 Å². The van der Waals surface area contributed by atoms with Gasteiger partial charge >= 0.3 is 0 Å². The second-order valence-electron chi connectivity index (χ2n) is 6.41. The van der Waals surface area contributed by atoms with E-state index in [-0.39, 0.29) is 17.3 Å². The fourth-order valence-electron chi connectivity index (χ4n) is 2.92. The average Bonchev–Trinajstić information content (AvgIpc) is 3.02. The Morgan fingerprint density at radius 3 is 2.43 bits per heavy atom. The van der Waals surface area contributed by atoms with Crippen LogP contribution in [0.1, 0.15) is 11.1 Å². The molecule has 3 aromatic carbocycles. The van der Waals surface area contributed by atoms with Crippen molar-refractivity contribution >= 4 is 46.3 Å². The molecule has 0 aliphatic carbocycles. The molecular formula is C23H15ClFNO3S. The van der Waals surface area contributed by atoms with E-state index in [2.05, 4.69) is 0 Å². The Kier molecular flexibility index (Phi) is 5.88. The van der Waals surface area contributed by atoms with Crippen LogP contribution in [0.4, 0.5) is 14.9 Å². The highest BCUT2D eigenvalue weighted by atomic mass is 35.5. The number of carbonyl (C=O) groups excluding carboxylic acids is 2. The molecule has 4 rings (SSSR count). The lowest BCUT2D eigenvalue weighted by molar-refractivity contribution is -0.113. The number of thioether (sulfide) groups is 1. The van der Waals surface area contributed by atoms with E-state index in [4.69, 9.17) is 16.3 Å². The van der Waals surface area contributed by atoms with Gasteiger partial charge < -0.3 is 4.74 Å². The third-order valence-electron chi connectivity index (χ3n) is 4.43. The predicted molar refractivity (Wildman–Crippen MR) is 117 cm³/mol. The van der Waals surface area contributed by atoms with Gasteiger partial charge in [0, 0.05) is 16.1 Å². The van der Waals surface area contributed by atoms with E-state index in [9.17, 15) is 14.0 Å². The Hall–Kier alpha value is -3.09. The lowest BCUT2D eigenvalue weighted by atomic mass is 10.1. The maximum Gasteiger partial charge on any atom is 0.298 e. The first-order valence-electron chi connectivity index (χ1n) is 9.02. The molecule has 1 fully saturated rings. The molecule has 0 radical (unpaired) electrons. The summed E-state index contributed by atoms with van der Waals surface area (Å²) in [4.78, 5) is 26.6. The smallest absolute Gasteiger partial charge is 0.298 e. The van der Waals surface area contributed by atoms with E-state index in [1.165, 1.54) is 6.07 Å². The number of benzene rings is 3. The Labute approximate surface area is 181 Å². The fraction of sp³-hybridized carbons (Fsp3) is 0.0435. The van der Waals surface area contributed by atoms with Crippen molar-refractivity contribution in [2.75, 3.05) is 4.90 Å². The molecule has 1 aliphatic rings. The van der Waals surface area contributed by atoms with Crippen LogP contribution >= 0.6 is 23.4 Å². The number of ether oxygens (including phenoxy) is 1. The van der Waals surface area contributed by atoms with Gasteiger partial charge in [0.25, 0.3) is 11.1 Å². The van der Waals surface area contributed by atoms with Gasteiger partial charge in [-0.3, -0.25) is 9.59 Å². The first kappa shape index (κ1) is 20.2. The number of rotatable bonds is 5. The summed E-state index contributed by atoms with van der Waals surface area (Å²) in [6, 6.07) is 19.9. The van der Waals surface area contributed by atoms with Crippen molar-refractivity contribution in [1.82, 2.24) is 0 Å². The summed E-state index contributed by atoms with van der Waals surface area (Å²) in [6.07, 6.45) is 1.61. The summed E-state index contributed by atoms with van der Waals surface area (Å²) >= 11 is 6.74. The molecule has 0 bridgehead atoms. The summed E-state index contributed by atoms with van der Waals surface area (Å²) in [5.74, 6) is -0.283. The fourth-order valence-corrected chi connectivity index (χ4v) is 3.88. The number of carbonyl (C=O) groups is 2. The maximum absolute atomic E-state index is 13.9. The molecule has 1 aliphatic heterocycles. The standard InChI is InChI=1S/C23H15ClFNO3S/c24-17-9-11-18(12-10-17)26-22(27)21(30-23(26)28)13-15-5-2-4-8-20(15)29-14-16-6-1-3-7-19(16)25/h1-13H,14H2/b21-13-. The molecule has 0 atom stereocenters. The molecule has 4 nitrogen and oxygen atoms in total. The number of hydrogen-bond donors (Lipinski definition) is 0. The quantitative estimate of drug-likeness (QED) is 0.438. The number of halogens is 2. The molecule has 0 aromatic heterocycles. The van der Waals surface area contributed by atoms with Crippen LogP contribution in [0.25, 0.3) is 6.08 Å². The Morgan fingerprint density at radius 2 is 1.67 bits per heavy atom. The third kappa shape index (κ3) is 4.25. The number of anilines is 1. The molecule has 0 unspecified atom stereocenters. The molecule has 3 aromatic rings. The zero-order chi connectivity index (χ0) is 21.1. The zero-order valence-corrected chi connectivity index (χ0v) is 17.1. The highest BCUT2D eigenvalue weighted by Gasteiger charge is 2.36. The first-order valence-corrected chi connectivity index (χ1v) is 10.2. The third-order valence-corrected chi connectivity index (χ3v) is 5.55. The minimum Gasteiger partial charge on any atom is -0.488 e. The molecular weight excluding hydrogens is 425 g/mol. The second kappa shape index (κ2) is 8.73. The average molecular weight is 440 g/mol. The van der Waals surface area contributed by atoms with Crippen LogP contribution < -0.4 is 9.64 Å². The van der Waals surface area contributed by atoms with Crippen molar-refractivity contribution in [2.24, 2.45) is 0 Å². The van der Waals surface area contributed by atoms with Gasteiger partial charge in [0.1, 0.15) is 18.2 Å². The van der Waals surface area contributed by atoms with Crippen LogP contribution in [0.15, 0.2) is 77.7 Å². The van der Waals surface area contributed by atoms with Gasteiger partial charge in [0.2, 0.25) is 0 Å². The van der Waals surface area contributed by atoms with Crippen LogP contribution in [0.2, 0.25) is 5.02 Å². The molecule has 150 valence electrons. The molecule has 7 heteroatoms. The van der Waals surface area contributed by atoms with Gasteiger partial charge in [-0.15, -0.1) is 0 Å². The minimum absolute atomic E-state index is 0.0454. The molecule has 0 N–H and O–H groups in total. The largest absolute Gasteiger partial charge is 0.488 e. The van der Waals surface area contributed by atoms with Crippen molar-refractivity contribution in [2.45, 2.75) is 6.61 Å². The number of amides is 2. The van der Waals surface area contributed by atoms with Crippen LogP contribution in [0.3, 0.4) is 0 Å². The molecule has 2 amide bonds. The number of para-hydroxylation sites is 1. The van der Waals surface area contributed by atoms with Gasteiger partial charge in [0.15, 0.2) is 0 Å². The summed E-state index contributed by atoms with van der Waals surface area (Å²) in [5, 5.41) is 0.125. The van der Waals surface area contributed by atoms with Gasteiger partial charge in [-0.2, -0.15) is 0 Å². The molecule has 0 spiro atoms. The van der Waals surface area contributed by atoms with Gasteiger partial charge in [-0.25, -0.2) is 9.29 Å². The zero-order valence-electron chi connectivity index (χ0n) is 15.5. The lowest BCUT2D eigenvalue weighted by Gasteiger charge is -2.12. The monoisotopic (exact) mass is 439 g/mol. The van der Waals surface area contributed by atoms with E-state index < -0.39 is 11.1 Å². The maximum atomic E-state index is 13.9. The summed E-state index contributed by atoms with van der Waals surface area (Å²) in [6.45, 7) is 0.0454. The van der Waals surface area contributed by atoms with E-state index >= 15 is 0 Å². The molecule has 1 heterocycles. The van der Waals surface area contributed by atoms with Crippen LogP contribution in [-0.2, 0) is 11.4 Å². The Morgan fingerprint density at radius 1 is 0.967 bits per heavy atom. The van der Waals surface area contributed by atoms with Crippen molar-refractivity contribution < 1.29 is 18.7 Å². The van der Waals surface area contributed by atoms with Crippen molar-refractivity contribution in [3.63, 3.8) is 0 Å². The highest BCUT2D eigenvalue weighted by Crippen LogP contribution is 2.37. The van der Waals surface area contributed by atoms with Crippen molar-refractivity contribution in [1.29, 1.82) is 0 Å². The second-order valence-corrected chi connectivity index (χ2v) is 7.84. The summed E-state index contributed by atoms with van der Waals surface area (Å²) < 4.78 is 19.6. The highest BCUT2D eigenvalue weighted by molar-refractivity contribution is 8.19. The normalized spacial score (nSPS) is 15.1. The number of hydrogen-bond acceptors (Lipinski definition) is 4. The predicted octanol–water partition coefficient (Wildman–Crippen LogP) is 6.30. The van der Waals surface area contributed by atoms with Crippen molar-refractivity contribution in [3.05, 3.63) is 99.7 Å². The van der Waals surface area contributed by atoms with E-state index in [1.807, 2.05) is 0 Å². The van der Waals surface area contributed by atoms with E-state index in [0.29, 0.717) is 27.6 Å². The summed E-state index contributed by atoms with van der Waals surface area (Å²) in [7, 11) is 0. The van der Waals surface area contributed by atoms with Gasteiger partial charge in [0.05, 0.1) is 10.6 Å². The Bertz CT molecular complexity index is 1150. The van der Waals surface area contributed by atoms with E-state index in [0.717, 1.165) is 16.7 Å². The number of nitrogens with zero attached hydrogens (tertiary/aromatic N) is 1. The van der Waals surface area contributed by atoms with E-state index in [1.54, 1.807) is 72.8 Å². The SMILES string of the molecule is O=C1S/C(=C\c2ccccc2OCc2ccccc2F)C(=O)N1c1ccc(Cl)cc1. The summed E-state index contributed by atoms with van der Waals surface area (Å²) in [5.41, 5.74) is 1.50. The topological polar surface area (TPSA) is 46.6 Å².